The average molecular weight is 394 g/mol. The van der Waals surface area contributed by atoms with Gasteiger partial charge in [0.1, 0.15) is 5.75 Å². The molecule has 0 heterocycles. The van der Waals surface area contributed by atoms with Crippen LogP contribution in [-0.4, -0.2) is 32.1 Å². The summed E-state index contributed by atoms with van der Waals surface area (Å²) in [6.07, 6.45) is 0. The predicted molar refractivity (Wildman–Crippen MR) is 105 cm³/mol. The molecule has 0 saturated carbocycles. The van der Waals surface area contributed by atoms with Gasteiger partial charge in [0.25, 0.3) is 0 Å². The Labute approximate surface area is 160 Å². The molecule has 0 amide bonds. The Bertz CT molecular complexity index is 824. The molecule has 0 fully saturated rings. The summed E-state index contributed by atoms with van der Waals surface area (Å²) in [5.41, 5.74) is 0.813. The van der Waals surface area contributed by atoms with Crippen molar-refractivity contribution in [2.75, 3.05) is 20.3 Å². The zero-order valence-electron chi connectivity index (χ0n) is 16.4. The number of hydrogen-bond acceptors (Lipinski definition) is 6. The third-order valence-electron chi connectivity index (χ3n) is 4.28. The van der Waals surface area contributed by atoms with Crippen molar-refractivity contribution in [3.63, 3.8) is 0 Å². The van der Waals surface area contributed by atoms with Crippen LogP contribution in [0.3, 0.4) is 0 Å². The van der Waals surface area contributed by atoms with E-state index >= 15 is 0 Å². The highest BCUT2D eigenvalue weighted by atomic mass is 31.2. The molecule has 6 nitrogen and oxygen atoms in total. The summed E-state index contributed by atoms with van der Waals surface area (Å²) in [5, 5.41) is 2.01. The van der Waals surface area contributed by atoms with Crippen molar-refractivity contribution in [3.8, 4) is 5.75 Å². The summed E-state index contributed by atoms with van der Waals surface area (Å²) in [4.78, 5) is 12.6. The lowest BCUT2D eigenvalue weighted by Gasteiger charge is -2.24. The van der Waals surface area contributed by atoms with Crippen molar-refractivity contribution in [2.45, 2.75) is 39.5 Å². The molecule has 148 valence electrons. The van der Waals surface area contributed by atoms with Crippen molar-refractivity contribution in [3.05, 3.63) is 42.0 Å². The third kappa shape index (κ3) is 5.10. The van der Waals surface area contributed by atoms with E-state index in [1.807, 2.05) is 36.4 Å². The van der Waals surface area contributed by atoms with Gasteiger partial charge >= 0.3 is 13.6 Å². The molecule has 0 spiro atoms. The number of fused-ring (bicyclic) bond motifs is 1. The van der Waals surface area contributed by atoms with Gasteiger partial charge in [0.05, 0.1) is 26.2 Å². The maximum absolute atomic E-state index is 12.7. The fourth-order valence-electron chi connectivity index (χ4n) is 2.72. The largest absolute Gasteiger partial charge is 0.497 e. The van der Waals surface area contributed by atoms with Crippen LogP contribution in [0.4, 0.5) is 0 Å². The Morgan fingerprint density at radius 2 is 1.59 bits per heavy atom. The molecular formula is C20H27O6P. The second kappa shape index (κ2) is 9.36. The fourth-order valence-corrected chi connectivity index (χ4v) is 4.16. The Hall–Kier alpha value is -1.88. The normalized spacial score (nSPS) is 14.0. The number of hydrogen-bond donors (Lipinski definition) is 0. The zero-order valence-corrected chi connectivity index (χ0v) is 17.3. The Balaban J connectivity index is 2.16. The van der Waals surface area contributed by atoms with Gasteiger partial charge in [0.2, 0.25) is 0 Å². The predicted octanol–water partition coefficient (Wildman–Crippen LogP) is 5.11. The molecule has 7 heteroatoms. The minimum Gasteiger partial charge on any atom is -0.497 e. The number of rotatable bonds is 9. The lowest BCUT2D eigenvalue weighted by molar-refractivity contribution is -0.147. The quantitative estimate of drug-likeness (QED) is 0.435. The molecule has 2 atom stereocenters. The van der Waals surface area contributed by atoms with Crippen LogP contribution in [0.5, 0.6) is 5.75 Å². The molecular weight excluding hydrogens is 367 g/mol. The molecule has 0 unspecified atom stereocenters. The first-order chi connectivity index (χ1) is 12.8. The van der Waals surface area contributed by atoms with E-state index in [2.05, 4.69) is 0 Å². The maximum atomic E-state index is 12.7. The van der Waals surface area contributed by atoms with Crippen LogP contribution in [-0.2, 0) is 23.1 Å². The van der Waals surface area contributed by atoms with Crippen LogP contribution in [0.25, 0.3) is 10.8 Å². The summed E-state index contributed by atoms with van der Waals surface area (Å²) in [6.45, 7) is 7.14. The Kier molecular flexibility index (Phi) is 7.42. The molecule has 0 aromatic heterocycles. The summed E-state index contributed by atoms with van der Waals surface area (Å²) in [5.74, 6) is -1.19. The van der Waals surface area contributed by atoms with Crippen LogP contribution < -0.4 is 4.74 Å². The van der Waals surface area contributed by atoms with Crippen molar-refractivity contribution in [1.29, 1.82) is 0 Å². The van der Waals surface area contributed by atoms with Crippen LogP contribution in [0.15, 0.2) is 36.4 Å². The molecule has 27 heavy (non-hydrogen) atoms. The van der Waals surface area contributed by atoms with E-state index < -0.39 is 25.3 Å². The van der Waals surface area contributed by atoms with Crippen molar-refractivity contribution >= 4 is 24.3 Å². The van der Waals surface area contributed by atoms with E-state index in [-0.39, 0.29) is 13.2 Å². The topological polar surface area (TPSA) is 71.1 Å². The minimum absolute atomic E-state index is 0.211. The van der Waals surface area contributed by atoms with Gasteiger partial charge in [-0.15, -0.1) is 0 Å². The van der Waals surface area contributed by atoms with Gasteiger partial charge in [-0.3, -0.25) is 9.36 Å². The van der Waals surface area contributed by atoms with E-state index in [1.165, 1.54) is 6.92 Å². The van der Waals surface area contributed by atoms with E-state index in [0.29, 0.717) is 0 Å². The Morgan fingerprint density at radius 3 is 2.19 bits per heavy atom. The molecule has 0 saturated heterocycles. The molecule has 0 aliphatic heterocycles. The highest BCUT2D eigenvalue weighted by Gasteiger charge is 2.36. The molecule has 0 bridgehead atoms. The van der Waals surface area contributed by atoms with Crippen molar-refractivity contribution < 1.29 is 27.9 Å². The van der Waals surface area contributed by atoms with Gasteiger partial charge in [0.15, 0.2) is 5.85 Å². The number of benzene rings is 2. The van der Waals surface area contributed by atoms with Crippen molar-refractivity contribution in [2.24, 2.45) is 0 Å². The second-order valence-electron chi connectivity index (χ2n) is 6.11. The fraction of sp³-hybridized carbons (Fsp3) is 0.450. The smallest absolute Gasteiger partial charge is 0.370 e. The molecule has 0 N–H and O–H groups in total. The van der Waals surface area contributed by atoms with Gasteiger partial charge < -0.3 is 18.5 Å². The van der Waals surface area contributed by atoms with Crippen molar-refractivity contribution in [1.82, 2.24) is 0 Å². The number of methoxy groups -OCH3 is 1. The number of ether oxygens (including phenoxy) is 2. The molecule has 2 aromatic carbocycles. The van der Waals surface area contributed by atoms with Gasteiger partial charge in [-0.05, 0) is 56.2 Å². The third-order valence-corrected chi connectivity index (χ3v) is 6.51. The van der Waals surface area contributed by atoms with E-state index in [1.54, 1.807) is 27.9 Å². The summed E-state index contributed by atoms with van der Waals surface area (Å²) in [6, 6.07) is 11.5. The molecule has 2 aromatic rings. The number of carbonyl (C=O) groups excluding carboxylic acids is 1. The first-order valence-corrected chi connectivity index (χ1v) is 10.6. The molecule has 0 aliphatic rings. The van der Waals surface area contributed by atoms with Crippen LogP contribution >= 0.6 is 7.60 Å². The maximum Gasteiger partial charge on any atom is 0.370 e. The van der Waals surface area contributed by atoms with Gasteiger partial charge in [0, 0.05) is 0 Å². The lowest BCUT2D eigenvalue weighted by Crippen LogP contribution is -2.21. The van der Waals surface area contributed by atoms with Crippen LogP contribution in [0.2, 0.25) is 0 Å². The Morgan fingerprint density at radius 1 is 1.00 bits per heavy atom. The summed E-state index contributed by atoms with van der Waals surface area (Å²) < 4.78 is 33.8. The molecule has 0 aliphatic carbocycles. The second-order valence-corrected chi connectivity index (χ2v) is 8.43. The highest BCUT2D eigenvalue weighted by molar-refractivity contribution is 7.54. The average Bonchev–Trinajstić information content (AvgIpc) is 2.66. The minimum atomic E-state index is -3.50. The SMILES string of the molecule is CCOP(=O)(OCC)[C@@H](C)OC(=O)[C@@H](C)c1ccc2cc(OC)ccc2c1. The van der Waals surface area contributed by atoms with Crippen LogP contribution in [0.1, 0.15) is 39.2 Å². The van der Waals surface area contributed by atoms with Gasteiger partial charge in [-0.25, -0.2) is 0 Å². The molecule has 2 rings (SSSR count). The van der Waals surface area contributed by atoms with E-state index in [9.17, 15) is 9.36 Å². The molecule has 0 radical (unpaired) electrons. The van der Waals surface area contributed by atoms with Crippen LogP contribution in [0, 0.1) is 0 Å². The zero-order chi connectivity index (χ0) is 20.0. The lowest BCUT2D eigenvalue weighted by atomic mass is 9.98. The van der Waals surface area contributed by atoms with Gasteiger partial charge in [-0.1, -0.05) is 24.3 Å². The first kappa shape index (κ1) is 21.4. The number of esters is 1. The monoisotopic (exact) mass is 394 g/mol. The number of carbonyl (C=O) groups is 1. The first-order valence-electron chi connectivity index (χ1n) is 9.01. The summed E-state index contributed by atoms with van der Waals surface area (Å²) >= 11 is 0. The summed E-state index contributed by atoms with van der Waals surface area (Å²) in [7, 11) is -1.88. The van der Waals surface area contributed by atoms with E-state index in [4.69, 9.17) is 18.5 Å². The van der Waals surface area contributed by atoms with E-state index in [0.717, 1.165) is 22.1 Å². The standard InChI is InChI=1S/C20H27O6P/c1-6-24-27(22,25-7-2)15(4)26-20(21)14(3)16-8-9-18-13-19(23-5)11-10-17(18)12-16/h8-15H,6-7H2,1-5H3/t14-,15-/m0/s1. The highest BCUT2D eigenvalue weighted by Crippen LogP contribution is 2.53. The van der Waals surface area contributed by atoms with Gasteiger partial charge in [-0.2, -0.15) is 0 Å².